The summed E-state index contributed by atoms with van der Waals surface area (Å²) in [7, 11) is 0. The number of hydrogen-bond donors (Lipinski definition) is 2. The van der Waals surface area contributed by atoms with Crippen LogP contribution >= 0.6 is 0 Å². The molecule has 1 heterocycles. The van der Waals surface area contributed by atoms with Crippen LogP contribution in [0.25, 0.3) is 0 Å². The largest absolute Gasteiger partial charge is 0.478 e. The molecule has 1 aromatic heterocycles. The van der Waals surface area contributed by atoms with Crippen LogP contribution in [0.15, 0.2) is 36.4 Å². The molecule has 98 valence electrons. The van der Waals surface area contributed by atoms with Crippen LogP contribution in [0.2, 0.25) is 0 Å². The molecule has 0 fully saturated rings. The fourth-order valence-electron chi connectivity index (χ4n) is 2.02. The average molecular weight is 256 g/mol. The topological polar surface area (TPSA) is 62.2 Å². The smallest absolute Gasteiger partial charge is 0.339 e. The van der Waals surface area contributed by atoms with Crippen LogP contribution < -0.4 is 5.32 Å². The first-order chi connectivity index (χ1) is 9.08. The highest BCUT2D eigenvalue weighted by Crippen LogP contribution is 2.19. The Labute approximate surface area is 112 Å². The van der Waals surface area contributed by atoms with Crippen molar-refractivity contribution in [3.63, 3.8) is 0 Å². The molecule has 0 saturated carbocycles. The van der Waals surface area contributed by atoms with E-state index in [0.29, 0.717) is 12.4 Å². The molecule has 2 rings (SSSR count). The van der Waals surface area contributed by atoms with E-state index in [4.69, 9.17) is 0 Å². The van der Waals surface area contributed by atoms with Crippen LogP contribution in [0.4, 0.5) is 5.82 Å². The number of anilines is 1. The standard InChI is InChI=1S/C15H16N2O2/c1-10-8-11(2)17-14(13(10)15(18)19)16-9-12-6-4-3-5-7-12/h3-8H,9H2,1-2H3,(H,16,17)(H,18,19). The third-order valence-corrected chi connectivity index (χ3v) is 2.86. The second kappa shape index (κ2) is 5.52. The summed E-state index contributed by atoms with van der Waals surface area (Å²) in [6, 6.07) is 11.6. The Balaban J connectivity index is 2.27. The van der Waals surface area contributed by atoms with Gasteiger partial charge in [0.15, 0.2) is 0 Å². The molecule has 4 nitrogen and oxygen atoms in total. The first-order valence-corrected chi connectivity index (χ1v) is 6.07. The highest BCUT2D eigenvalue weighted by molar-refractivity contribution is 5.94. The van der Waals surface area contributed by atoms with Gasteiger partial charge in [0, 0.05) is 12.2 Å². The van der Waals surface area contributed by atoms with Crippen LogP contribution in [0, 0.1) is 13.8 Å². The van der Waals surface area contributed by atoms with E-state index in [1.165, 1.54) is 0 Å². The first-order valence-electron chi connectivity index (χ1n) is 6.07. The van der Waals surface area contributed by atoms with Gasteiger partial charge in [0.2, 0.25) is 0 Å². The number of carboxylic acid groups (broad SMARTS) is 1. The Morgan fingerprint density at radius 1 is 1.26 bits per heavy atom. The number of hydrogen-bond acceptors (Lipinski definition) is 3. The summed E-state index contributed by atoms with van der Waals surface area (Å²) >= 11 is 0. The molecule has 0 aliphatic carbocycles. The number of carboxylic acids is 1. The summed E-state index contributed by atoms with van der Waals surface area (Å²) in [4.78, 5) is 15.6. The van der Waals surface area contributed by atoms with E-state index in [-0.39, 0.29) is 5.56 Å². The third kappa shape index (κ3) is 3.10. The van der Waals surface area contributed by atoms with Crippen molar-refractivity contribution in [2.75, 3.05) is 5.32 Å². The van der Waals surface area contributed by atoms with Crippen molar-refractivity contribution in [2.45, 2.75) is 20.4 Å². The number of nitrogens with zero attached hydrogens (tertiary/aromatic N) is 1. The summed E-state index contributed by atoms with van der Waals surface area (Å²) in [6.07, 6.45) is 0. The van der Waals surface area contributed by atoms with Crippen molar-refractivity contribution in [3.8, 4) is 0 Å². The number of benzene rings is 1. The van der Waals surface area contributed by atoms with Gasteiger partial charge in [0.1, 0.15) is 11.4 Å². The van der Waals surface area contributed by atoms with Crippen molar-refractivity contribution < 1.29 is 9.90 Å². The van der Waals surface area contributed by atoms with Gasteiger partial charge in [0.05, 0.1) is 0 Å². The van der Waals surface area contributed by atoms with Crippen LogP contribution in [0.5, 0.6) is 0 Å². The maximum Gasteiger partial charge on any atom is 0.339 e. The van der Waals surface area contributed by atoms with Gasteiger partial charge < -0.3 is 10.4 Å². The quantitative estimate of drug-likeness (QED) is 0.882. The van der Waals surface area contributed by atoms with Crippen molar-refractivity contribution in [1.82, 2.24) is 4.98 Å². The minimum atomic E-state index is -0.958. The summed E-state index contributed by atoms with van der Waals surface area (Å²) in [5.74, 6) is -0.533. The number of rotatable bonds is 4. The fourth-order valence-corrected chi connectivity index (χ4v) is 2.02. The third-order valence-electron chi connectivity index (χ3n) is 2.86. The molecule has 2 aromatic rings. The molecule has 0 amide bonds. The lowest BCUT2D eigenvalue weighted by Crippen LogP contribution is -2.11. The van der Waals surface area contributed by atoms with Crippen LogP contribution in [-0.4, -0.2) is 16.1 Å². The van der Waals surface area contributed by atoms with Crippen LogP contribution in [0.1, 0.15) is 27.2 Å². The molecule has 0 spiro atoms. The van der Waals surface area contributed by atoms with E-state index in [1.54, 1.807) is 13.0 Å². The lowest BCUT2D eigenvalue weighted by molar-refractivity contribution is 0.0697. The van der Waals surface area contributed by atoms with Crippen molar-refractivity contribution in [1.29, 1.82) is 0 Å². The highest BCUT2D eigenvalue weighted by atomic mass is 16.4. The second-order valence-electron chi connectivity index (χ2n) is 4.45. The summed E-state index contributed by atoms with van der Waals surface area (Å²) in [6.45, 7) is 4.19. The number of aryl methyl sites for hydroxylation is 2. The predicted molar refractivity (Wildman–Crippen MR) is 74.4 cm³/mol. The van der Waals surface area contributed by atoms with Gasteiger partial charge in [-0.25, -0.2) is 9.78 Å². The molecule has 0 unspecified atom stereocenters. The lowest BCUT2D eigenvalue weighted by Gasteiger charge is -2.12. The van der Waals surface area contributed by atoms with Gasteiger partial charge >= 0.3 is 5.97 Å². The van der Waals surface area contributed by atoms with Crippen LogP contribution in [0.3, 0.4) is 0 Å². The molecule has 0 aliphatic heterocycles. The summed E-state index contributed by atoms with van der Waals surface area (Å²) < 4.78 is 0. The van der Waals surface area contributed by atoms with Crippen molar-refractivity contribution >= 4 is 11.8 Å². The van der Waals surface area contributed by atoms with E-state index in [9.17, 15) is 9.90 Å². The Bertz CT molecular complexity index is 595. The zero-order chi connectivity index (χ0) is 13.8. The number of carbonyl (C=O) groups is 1. The fraction of sp³-hybridized carbons (Fsp3) is 0.200. The molecule has 0 bridgehead atoms. The predicted octanol–water partition coefficient (Wildman–Crippen LogP) is 3.01. The van der Waals surface area contributed by atoms with E-state index >= 15 is 0 Å². The molecule has 0 saturated heterocycles. The van der Waals surface area contributed by atoms with E-state index in [1.807, 2.05) is 37.3 Å². The number of aromatic nitrogens is 1. The summed E-state index contributed by atoms with van der Waals surface area (Å²) in [5, 5.41) is 12.4. The minimum absolute atomic E-state index is 0.238. The molecule has 0 atom stereocenters. The first kappa shape index (κ1) is 13.1. The number of nitrogens with one attached hydrogen (secondary N) is 1. The zero-order valence-electron chi connectivity index (χ0n) is 11.0. The number of pyridine rings is 1. The van der Waals surface area contributed by atoms with Gasteiger partial charge in [-0.2, -0.15) is 0 Å². The molecule has 2 N–H and O–H groups in total. The maximum atomic E-state index is 11.3. The average Bonchev–Trinajstić information content (AvgIpc) is 2.36. The van der Waals surface area contributed by atoms with E-state index in [0.717, 1.165) is 16.8 Å². The Morgan fingerprint density at radius 3 is 2.58 bits per heavy atom. The molecular formula is C15H16N2O2. The van der Waals surface area contributed by atoms with Crippen molar-refractivity contribution in [2.24, 2.45) is 0 Å². The van der Waals surface area contributed by atoms with Gasteiger partial charge in [-0.05, 0) is 31.0 Å². The molecule has 4 heteroatoms. The maximum absolute atomic E-state index is 11.3. The molecule has 0 aliphatic rings. The van der Waals surface area contributed by atoms with E-state index in [2.05, 4.69) is 10.3 Å². The van der Waals surface area contributed by atoms with Gasteiger partial charge in [-0.3, -0.25) is 0 Å². The van der Waals surface area contributed by atoms with Gasteiger partial charge in [0.25, 0.3) is 0 Å². The van der Waals surface area contributed by atoms with Gasteiger partial charge in [-0.1, -0.05) is 30.3 Å². The summed E-state index contributed by atoms with van der Waals surface area (Å²) in [5.41, 5.74) is 2.84. The molecule has 19 heavy (non-hydrogen) atoms. The second-order valence-corrected chi connectivity index (χ2v) is 4.45. The van der Waals surface area contributed by atoms with Gasteiger partial charge in [-0.15, -0.1) is 0 Å². The molecule has 1 aromatic carbocycles. The Hall–Kier alpha value is -2.36. The zero-order valence-corrected chi connectivity index (χ0v) is 11.0. The van der Waals surface area contributed by atoms with E-state index < -0.39 is 5.97 Å². The highest BCUT2D eigenvalue weighted by Gasteiger charge is 2.15. The number of aromatic carboxylic acids is 1. The minimum Gasteiger partial charge on any atom is -0.478 e. The van der Waals surface area contributed by atoms with Crippen molar-refractivity contribution in [3.05, 3.63) is 58.8 Å². The Morgan fingerprint density at radius 2 is 1.95 bits per heavy atom. The molecular weight excluding hydrogens is 240 g/mol. The SMILES string of the molecule is Cc1cc(C)c(C(=O)O)c(NCc2ccccc2)n1. The Kier molecular flexibility index (Phi) is 3.80. The molecule has 0 radical (unpaired) electrons. The lowest BCUT2D eigenvalue weighted by atomic mass is 10.1. The normalized spacial score (nSPS) is 10.2. The van der Waals surface area contributed by atoms with Crippen LogP contribution in [-0.2, 0) is 6.54 Å². The monoisotopic (exact) mass is 256 g/mol.